The van der Waals surface area contributed by atoms with E-state index < -0.39 is 0 Å². The molecule has 4 nitrogen and oxygen atoms in total. The highest BCUT2D eigenvalue weighted by Crippen LogP contribution is 2.31. The monoisotopic (exact) mass is 283 g/mol. The van der Waals surface area contributed by atoms with Gasteiger partial charge in [0, 0.05) is 0 Å². The zero-order chi connectivity index (χ0) is 12.1. The van der Waals surface area contributed by atoms with Crippen molar-refractivity contribution < 1.29 is 14.3 Å². The van der Waals surface area contributed by atoms with Crippen LogP contribution in [0, 0.1) is 11.3 Å². The predicted molar refractivity (Wildman–Crippen MR) is 61.1 cm³/mol. The molecule has 0 spiro atoms. The van der Waals surface area contributed by atoms with E-state index in [9.17, 15) is 4.79 Å². The van der Waals surface area contributed by atoms with Gasteiger partial charge in [-0.05, 0) is 27.6 Å². The molecule has 0 radical (unpaired) electrons. The fourth-order valence-electron chi connectivity index (χ4n) is 1.30. The number of nitriles is 1. The lowest BCUT2D eigenvalue weighted by molar-refractivity contribution is -0.139. The molecular weight excluding hydrogens is 274 g/mol. The molecule has 0 saturated heterocycles. The second-order valence-corrected chi connectivity index (χ2v) is 3.83. The molecule has 0 fully saturated rings. The lowest BCUT2D eigenvalue weighted by Gasteiger charge is -2.09. The number of nitrogens with zero attached hydrogens (tertiary/aromatic N) is 1. The molecule has 84 valence electrons. The Morgan fingerprint density at radius 2 is 2.19 bits per heavy atom. The van der Waals surface area contributed by atoms with Crippen molar-refractivity contribution in [3.05, 3.63) is 27.7 Å². The second kappa shape index (κ2) is 5.52. The maximum absolute atomic E-state index is 11.1. The van der Waals surface area contributed by atoms with E-state index in [1.165, 1.54) is 14.2 Å². The molecule has 0 amide bonds. The number of hydrogen-bond acceptors (Lipinski definition) is 4. The zero-order valence-corrected chi connectivity index (χ0v) is 10.5. The minimum absolute atomic E-state index is 0.0586. The average molecular weight is 284 g/mol. The standard InChI is InChI=1S/C11H10BrNO3/c1-15-10(14)5-7-3-4-9(12)11(16-2)8(7)6-13/h3-4H,5H2,1-2H3. The summed E-state index contributed by atoms with van der Waals surface area (Å²) in [5, 5.41) is 9.04. The van der Waals surface area contributed by atoms with E-state index in [-0.39, 0.29) is 12.4 Å². The molecule has 0 atom stereocenters. The van der Waals surface area contributed by atoms with Crippen LogP contribution < -0.4 is 4.74 Å². The second-order valence-electron chi connectivity index (χ2n) is 2.98. The minimum atomic E-state index is -0.388. The average Bonchev–Trinajstić information content (AvgIpc) is 2.30. The summed E-state index contributed by atoms with van der Waals surface area (Å²) in [5.41, 5.74) is 0.941. The van der Waals surface area contributed by atoms with Crippen molar-refractivity contribution in [2.24, 2.45) is 0 Å². The first-order chi connectivity index (χ1) is 7.63. The van der Waals surface area contributed by atoms with Crippen molar-refractivity contribution >= 4 is 21.9 Å². The van der Waals surface area contributed by atoms with Crippen LogP contribution in [0.3, 0.4) is 0 Å². The van der Waals surface area contributed by atoms with Crippen LogP contribution in [0.25, 0.3) is 0 Å². The van der Waals surface area contributed by atoms with E-state index in [1.807, 2.05) is 6.07 Å². The fourth-order valence-corrected chi connectivity index (χ4v) is 1.79. The smallest absolute Gasteiger partial charge is 0.310 e. The Bertz CT molecular complexity index is 451. The Morgan fingerprint density at radius 1 is 1.50 bits per heavy atom. The van der Waals surface area contributed by atoms with Gasteiger partial charge in [-0.15, -0.1) is 0 Å². The van der Waals surface area contributed by atoms with Gasteiger partial charge in [-0.1, -0.05) is 6.07 Å². The van der Waals surface area contributed by atoms with Crippen molar-refractivity contribution in [1.82, 2.24) is 0 Å². The Kier molecular flexibility index (Phi) is 4.32. The summed E-state index contributed by atoms with van der Waals surface area (Å²) < 4.78 is 10.3. The Labute approximate surface area is 102 Å². The van der Waals surface area contributed by atoms with Crippen molar-refractivity contribution in [1.29, 1.82) is 5.26 Å². The van der Waals surface area contributed by atoms with Gasteiger partial charge in [0.15, 0.2) is 5.75 Å². The summed E-state index contributed by atoms with van der Waals surface area (Å²) in [6, 6.07) is 5.45. The van der Waals surface area contributed by atoms with Gasteiger partial charge in [-0.3, -0.25) is 4.79 Å². The Hall–Kier alpha value is -1.54. The molecule has 16 heavy (non-hydrogen) atoms. The molecule has 0 aromatic heterocycles. The van der Waals surface area contributed by atoms with Gasteiger partial charge < -0.3 is 9.47 Å². The summed E-state index contributed by atoms with van der Waals surface area (Å²) >= 11 is 3.27. The molecule has 0 N–H and O–H groups in total. The number of hydrogen-bond donors (Lipinski definition) is 0. The van der Waals surface area contributed by atoms with Gasteiger partial charge in [0.05, 0.1) is 30.7 Å². The molecule has 0 heterocycles. The molecule has 0 unspecified atom stereocenters. The maximum atomic E-state index is 11.1. The number of benzene rings is 1. The molecular formula is C11H10BrNO3. The summed E-state index contributed by atoms with van der Waals surface area (Å²) in [7, 11) is 2.79. The summed E-state index contributed by atoms with van der Waals surface area (Å²) in [4.78, 5) is 11.1. The summed E-state index contributed by atoms with van der Waals surface area (Å²) in [6.45, 7) is 0. The topological polar surface area (TPSA) is 59.3 Å². The lowest BCUT2D eigenvalue weighted by Crippen LogP contribution is -2.07. The highest BCUT2D eigenvalue weighted by Gasteiger charge is 2.15. The molecule has 0 aliphatic carbocycles. The van der Waals surface area contributed by atoms with Crippen molar-refractivity contribution in [2.45, 2.75) is 6.42 Å². The third-order valence-corrected chi connectivity index (χ3v) is 2.70. The number of ether oxygens (including phenoxy) is 2. The summed E-state index contributed by atoms with van der Waals surface area (Å²) in [5.74, 6) is 0.0461. The number of carbonyl (C=O) groups excluding carboxylic acids is 1. The predicted octanol–water partition coefficient (Wildman–Crippen LogP) is 2.04. The molecule has 1 aromatic carbocycles. The van der Waals surface area contributed by atoms with Gasteiger partial charge >= 0.3 is 5.97 Å². The zero-order valence-electron chi connectivity index (χ0n) is 8.91. The van der Waals surface area contributed by atoms with Gasteiger partial charge in [-0.2, -0.15) is 5.26 Å². The SMILES string of the molecule is COC(=O)Cc1ccc(Br)c(OC)c1C#N. The third kappa shape index (κ3) is 2.52. The van der Waals surface area contributed by atoms with Crippen LogP contribution in [0.4, 0.5) is 0 Å². The van der Waals surface area contributed by atoms with E-state index in [1.54, 1.807) is 12.1 Å². The van der Waals surface area contributed by atoms with Crippen LogP contribution >= 0.6 is 15.9 Å². The van der Waals surface area contributed by atoms with E-state index in [2.05, 4.69) is 20.7 Å². The van der Waals surface area contributed by atoms with Gasteiger partial charge in [0.1, 0.15) is 6.07 Å². The van der Waals surface area contributed by atoms with Crippen LogP contribution in [0.5, 0.6) is 5.75 Å². The molecule has 5 heteroatoms. The third-order valence-electron chi connectivity index (χ3n) is 2.07. The van der Waals surface area contributed by atoms with Gasteiger partial charge in [-0.25, -0.2) is 0 Å². The molecule has 0 aliphatic heterocycles. The lowest BCUT2D eigenvalue weighted by atomic mass is 10.0. The van der Waals surface area contributed by atoms with Crippen LogP contribution in [-0.2, 0) is 16.0 Å². The molecule has 1 rings (SSSR count). The molecule has 1 aromatic rings. The van der Waals surface area contributed by atoms with Crippen molar-refractivity contribution in [3.63, 3.8) is 0 Å². The van der Waals surface area contributed by atoms with E-state index in [0.717, 1.165) is 0 Å². The van der Waals surface area contributed by atoms with Crippen LogP contribution in [0.15, 0.2) is 16.6 Å². The van der Waals surface area contributed by atoms with Crippen molar-refractivity contribution in [2.75, 3.05) is 14.2 Å². The number of esters is 1. The molecule has 0 bridgehead atoms. The van der Waals surface area contributed by atoms with Gasteiger partial charge in [0.2, 0.25) is 0 Å². The fraction of sp³-hybridized carbons (Fsp3) is 0.273. The first-order valence-corrected chi connectivity index (χ1v) is 5.25. The van der Waals surface area contributed by atoms with Crippen molar-refractivity contribution in [3.8, 4) is 11.8 Å². The van der Waals surface area contributed by atoms with Gasteiger partial charge in [0.25, 0.3) is 0 Å². The van der Waals surface area contributed by atoms with Crippen LogP contribution in [-0.4, -0.2) is 20.2 Å². The Balaban J connectivity index is 3.21. The highest BCUT2D eigenvalue weighted by atomic mass is 79.9. The number of halogens is 1. The van der Waals surface area contributed by atoms with Crippen LogP contribution in [0.1, 0.15) is 11.1 Å². The largest absolute Gasteiger partial charge is 0.494 e. The first-order valence-electron chi connectivity index (χ1n) is 4.46. The van der Waals surface area contributed by atoms with E-state index in [4.69, 9.17) is 10.00 Å². The normalized spacial score (nSPS) is 9.38. The molecule has 0 aliphatic rings. The number of methoxy groups -OCH3 is 2. The van der Waals surface area contributed by atoms with Crippen LogP contribution in [0.2, 0.25) is 0 Å². The summed E-state index contributed by atoms with van der Waals surface area (Å²) in [6.07, 6.45) is 0.0586. The maximum Gasteiger partial charge on any atom is 0.310 e. The minimum Gasteiger partial charge on any atom is -0.494 e. The number of carbonyl (C=O) groups is 1. The Morgan fingerprint density at radius 3 is 2.69 bits per heavy atom. The number of rotatable bonds is 3. The quantitative estimate of drug-likeness (QED) is 0.797. The first kappa shape index (κ1) is 12.5. The van der Waals surface area contributed by atoms with E-state index in [0.29, 0.717) is 21.3 Å². The highest BCUT2D eigenvalue weighted by molar-refractivity contribution is 9.10. The molecule has 0 saturated carbocycles. The van der Waals surface area contributed by atoms with E-state index >= 15 is 0 Å².